The lowest BCUT2D eigenvalue weighted by atomic mass is 9.74. The van der Waals surface area contributed by atoms with Crippen molar-refractivity contribution in [2.75, 3.05) is 14.1 Å². The Morgan fingerprint density at radius 3 is 2.26 bits per heavy atom. The monoisotopic (exact) mass is 324 g/mol. The molecule has 0 saturated heterocycles. The van der Waals surface area contributed by atoms with Crippen LogP contribution in [0.15, 0.2) is 28.7 Å². The normalized spacial score (nSPS) is 20.5. The largest absolute Gasteiger partial charge is 0.326 e. The molecule has 1 fully saturated rings. The number of hydrogen-bond acceptors (Lipinski definition) is 2. The number of nitrogens with zero attached hydrogens (tertiary/aromatic N) is 1. The van der Waals surface area contributed by atoms with Crippen molar-refractivity contribution in [3.63, 3.8) is 0 Å². The molecule has 1 saturated carbocycles. The van der Waals surface area contributed by atoms with Crippen LogP contribution >= 0.6 is 15.9 Å². The molecule has 1 aromatic rings. The molecule has 1 aliphatic carbocycles. The smallest absolute Gasteiger partial charge is 0.0357 e. The maximum Gasteiger partial charge on any atom is 0.0357 e. The first-order valence-electron chi connectivity index (χ1n) is 7.22. The van der Waals surface area contributed by atoms with Gasteiger partial charge in [-0.05, 0) is 51.1 Å². The van der Waals surface area contributed by atoms with E-state index in [1.54, 1.807) is 0 Å². The Labute approximate surface area is 125 Å². The minimum atomic E-state index is 0.186. The van der Waals surface area contributed by atoms with E-state index in [2.05, 4.69) is 59.2 Å². The van der Waals surface area contributed by atoms with Crippen molar-refractivity contribution in [2.45, 2.75) is 50.1 Å². The predicted octanol–water partition coefficient (Wildman–Crippen LogP) is 3.58. The molecule has 1 atom stereocenters. The van der Waals surface area contributed by atoms with Gasteiger partial charge in [0.05, 0.1) is 0 Å². The van der Waals surface area contributed by atoms with Gasteiger partial charge in [0, 0.05) is 16.1 Å². The fourth-order valence-corrected chi connectivity index (χ4v) is 3.64. The van der Waals surface area contributed by atoms with Crippen LogP contribution in [0.1, 0.15) is 37.7 Å². The number of halogens is 1. The van der Waals surface area contributed by atoms with Crippen LogP contribution in [-0.4, -0.2) is 30.6 Å². The van der Waals surface area contributed by atoms with Gasteiger partial charge in [-0.3, -0.25) is 0 Å². The van der Waals surface area contributed by atoms with E-state index in [1.165, 1.54) is 37.7 Å². The zero-order chi connectivity index (χ0) is 13.9. The Kier molecular flexibility index (Phi) is 5.04. The second kappa shape index (κ2) is 6.38. The molecular formula is C16H25BrN2. The molecule has 0 aliphatic heterocycles. The molecule has 2 rings (SSSR count). The Hall–Kier alpha value is -0.380. The van der Waals surface area contributed by atoms with Crippen LogP contribution in [0.2, 0.25) is 0 Å². The van der Waals surface area contributed by atoms with Crippen LogP contribution < -0.4 is 5.73 Å². The van der Waals surface area contributed by atoms with E-state index in [4.69, 9.17) is 5.73 Å². The van der Waals surface area contributed by atoms with Crippen molar-refractivity contribution in [3.05, 3.63) is 34.3 Å². The quantitative estimate of drug-likeness (QED) is 0.917. The van der Waals surface area contributed by atoms with Crippen molar-refractivity contribution in [1.29, 1.82) is 0 Å². The van der Waals surface area contributed by atoms with E-state index in [0.29, 0.717) is 0 Å². The minimum absolute atomic E-state index is 0.186. The summed E-state index contributed by atoms with van der Waals surface area (Å²) in [7, 11) is 4.37. The van der Waals surface area contributed by atoms with Crippen LogP contribution in [0.5, 0.6) is 0 Å². The molecule has 0 spiro atoms. The Bertz CT molecular complexity index is 394. The number of nitrogens with two attached hydrogens (primary N) is 1. The predicted molar refractivity (Wildman–Crippen MR) is 85.3 cm³/mol. The van der Waals surface area contributed by atoms with E-state index in [9.17, 15) is 0 Å². The molecular weight excluding hydrogens is 300 g/mol. The first-order valence-corrected chi connectivity index (χ1v) is 8.01. The third-order valence-corrected chi connectivity index (χ3v) is 5.20. The van der Waals surface area contributed by atoms with Gasteiger partial charge in [0.1, 0.15) is 0 Å². The van der Waals surface area contributed by atoms with Crippen LogP contribution in [-0.2, 0) is 6.42 Å². The lowest BCUT2D eigenvalue weighted by Gasteiger charge is -2.47. The molecule has 0 aromatic heterocycles. The first-order chi connectivity index (χ1) is 9.04. The summed E-state index contributed by atoms with van der Waals surface area (Å²) in [5, 5.41) is 0. The number of rotatable bonds is 4. The summed E-state index contributed by atoms with van der Waals surface area (Å²) >= 11 is 3.48. The van der Waals surface area contributed by atoms with Gasteiger partial charge in [-0.15, -0.1) is 0 Å². The van der Waals surface area contributed by atoms with Gasteiger partial charge in [-0.25, -0.2) is 0 Å². The first kappa shape index (κ1) is 15.0. The van der Waals surface area contributed by atoms with Crippen molar-refractivity contribution < 1.29 is 0 Å². The highest BCUT2D eigenvalue weighted by atomic mass is 79.9. The highest BCUT2D eigenvalue weighted by Crippen LogP contribution is 2.35. The molecule has 1 unspecified atom stereocenters. The third-order valence-electron chi connectivity index (χ3n) is 4.67. The van der Waals surface area contributed by atoms with Crippen molar-refractivity contribution in [1.82, 2.24) is 4.90 Å². The molecule has 1 aliphatic rings. The van der Waals surface area contributed by atoms with Crippen LogP contribution in [0, 0.1) is 0 Å². The molecule has 2 N–H and O–H groups in total. The van der Waals surface area contributed by atoms with E-state index in [-0.39, 0.29) is 11.6 Å². The Balaban J connectivity index is 2.11. The van der Waals surface area contributed by atoms with Gasteiger partial charge in [0.25, 0.3) is 0 Å². The van der Waals surface area contributed by atoms with Gasteiger partial charge in [0.2, 0.25) is 0 Å². The summed E-state index contributed by atoms with van der Waals surface area (Å²) in [6.07, 6.45) is 7.42. The Morgan fingerprint density at radius 1 is 1.16 bits per heavy atom. The lowest BCUT2D eigenvalue weighted by molar-refractivity contribution is 0.0716. The molecule has 0 bridgehead atoms. The van der Waals surface area contributed by atoms with E-state index in [0.717, 1.165) is 10.9 Å². The van der Waals surface area contributed by atoms with Crippen LogP contribution in [0.4, 0.5) is 0 Å². The van der Waals surface area contributed by atoms with Gasteiger partial charge in [-0.1, -0.05) is 47.3 Å². The van der Waals surface area contributed by atoms with E-state index < -0.39 is 0 Å². The molecule has 1 aromatic carbocycles. The molecule has 3 heteroatoms. The zero-order valence-corrected chi connectivity index (χ0v) is 13.6. The molecule has 19 heavy (non-hydrogen) atoms. The van der Waals surface area contributed by atoms with Gasteiger partial charge in [0.15, 0.2) is 0 Å². The average molecular weight is 325 g/mol. The number of likely N-dealkylation sites (N-methyl/N-ethyl adjacent to an activating group) is 1. The molecule has 0 radical (unpaired) electrons. The fourth-order valence-electron chi connectivity index (χ4n) is 3.38. The van der Waals surface area contributed by atoms with Gasteiger partial charge < -0.3 is 10.6 Å². The molecule has 0 amide bonds. The summed E-state index contributed by atoms with van der Waals surface area (Å²) in [6, 6.07) is 8.77. The minimum Gasteiger partial charge on any atom is -0.326 e. The van der Waals surface area contributed by atoms with Crippen LogP contribution in [0.25, 0.3) is 0 Å². The standard InChI is InChI=1S/C16H25BrN2/c1-19(2)16(10-4-3-5-11-16)15(18)12-13-6-8-14(17)9-7-13/h6-9,15H,3-5,10-12,18H2,1-2H3. The van der Waals surface area contributed by atoms with Crippen molar-refractivity contribution >= 4 is 15.9 Å². The molecule has 106 valence electrons. The SMILES string of the molecule is CN(C)C1(C(N)Cc2ccc(Br)cc2)CCCCC1. The highest BCUT2D eigenvalue weighted by Gasteiger charge is 2.39. The molecule has 0 heterocycles. The molecule has 2 nitrogen and oxygen atoms in total. The maximum absolute atomic E-state index is 6.60. The second-order valence-corrected chi connectivity index (χ2v) is 6.91. The highest BCUT2D eigenvalue weighted by molar-refractivity contribution is 9.10. The van der Waals surface area contributed by atoms with Crippen molar-refractivity contribution in [2.24, 2.45) is 5.73 Å². The zero-order valence-electron chi connectivity index (χ0n) is 12.0. The van der Waals surface area contributed by atoms with E-state index >= 15 is 0 Å². The summed E-state index contributed by atoms with van der Waals surface area (Å²) < 4.78 is 1.13. The van der Waals surface area contributed by atoms with E-state index in [1.807, 2.05) is 0 Å². The summed E-state index contributed by atoms with van der Waals surface area (Å²) in [5.74, 6) is 0. The second-order valence-electron chi connectivity index (χ2n) is 6.00. The number of benzene rings is 1. The third kappa shape index (κ3) is 3.39. The lowest BCUT2D eigenvalue weighted by Crippen LogP contribution is -2.59. The van der Waals surface area contributed by atoms with Crippen LogP contribution in [0.3, 0.4) is 0 Å². The maximum atomic E-state index is 6.60. The summed E-state index contributed by atoms with van der Waals surface area (Å²) in [6.45, 7) is 0. The Morgan fingerprint density at radius 2 is 1.74 bits per heavy atom. The average Bonchev–Trinajstić information content (AvgIpc) is 2.42. The van der Waals surface area contributed by atoms with Gasteiger partial charge in [-0.2, -0.15) is 0 Å². The summed E-state index contributed by atoms with van der Waals surface area (Å²) in [4.78, 5) is 2.37. The topological polar surface area (TPSA) is 29.3 Å². The van der Waals surface area contributed by atoms with Gasteiger partial charge >= 0.3 is 0 Å². The van der Waals surface area contributed by atoms with Crippen molar-refractivity contribution in [3.8, 4) is 0 Å². The summed E-state index contributed by atoms with van der Waals surface area (Å²) in [5.41, 5.74) is 8.12. The number of hydrogen-bond donors (Lipinski definition) is 1. The fraction of sp³-hybridized carbons (Fsp3) is 0.625.